The summed E-state index contributed by atoms with van der Waals surface area (Å²) in [6, 6.07) is 19.1. The molecule has 0 atom stereocenters. The van der Waals surface area contributed by atoms with E-state index in [9.17, 15) is 19.1 Å². The number of phenols is 1. The van der Waals surface area contributed by atoms with Gasteiger partial charge in [-0.3, -0.25) is 4.90 Å². The van der Waals surface area contributed by atoms with Crippen LogP contribution in [0.3, 0.4) is 0 Å². The Bertz CT molecular complexity index is 1390. The lowest BCUT2D eigenvalue weighted by atomic mass is 10.2. The lowest BCUT2D eigenvalue weighted by molar-refractivity contribution is 0.0592. The van der Waals surface area contributed by atoms with Crippen LogP contribution in [0.2, 0.25) is 0 Å². The largest absolute Gasteiger partial charge is 0.508 e. The number of ether oxygens (including phenoxy) is 2. The van der Waals surface area contributed by atoms with Gasteiger partial charge in [-0.2, -0.15) is 4.98 Å². The number of hydrogen-bond acceptors (Lipinski definition) is 9. The molecule has 2 N–H and O–H groups in total. The highest BCUT2D eigenvalue weighted by Crippen LogP contribution is 2.35. The van der Waals surface area contributed by atoms with Crippen LogP contribution >= 0.6 is 0 Å². The van der Waals surface area contributed by atoms with E-state index in [1.165, 1.54) is 38.5 Å². The van der Waals surface area contributed by atoms with Crippen molar-refractivity contribution in [1.29, 1.82) is 0 Å². The number of hydrogen-bond donors (Lipinski definition) is 2. The molecule has 10 heteroatoms. The van der Waals surface area contributed by atoms with E-state index in [0.717, 1.165) is 6.20 Å². The zero-order chi connectivity index (χ0) is 25.7. The first-order valence-corrected chi connectivity index (χ1v) is 10.6. The van der Waals surface area contributed by atoms with Crippen LogP contribution < -0.4 is 10.2 Å². The second kappa shape index (κ2) is 10.5. The van der Waals surface area contributed by atoms with Gasteiger partial charge in [-0.1, -0.05) is 6.07 Å². The molecule has 0 amide bonds. The highest BCUT2D eigenvalue weighted by atomic mass is 19.1. The molecule has 0 unspecified atom stereocenters. The van der Waals surface area contributed by atoms with Crippen molar-refractivity contribution in [1.82, 2.24) is 9.97 Å². The molecule has 0 radical (unpaired) electrons. The number of carbonyl (C=O) groups is 2. The molecule has 0 aliphatic rings. The van der Waals surface area contributed by atoms with Crippen LogP contribution in [-0.2, 0) is 9.47 Å². The Morgan fingerprint density at radius 2 is 1.50 bits per heavy atom. The van der Waals surface area contributed by atoms with E-state index in [-0.39, 0.29) is 17.5 Å². The third-order valence-corrected chi connectivity index (χ3v) is 5.13. The van der Waals surface area contributed by atoms with E-state index in [2.05, 4.69) is 20.0 Å². The molecule has 0 fully saturated rings. The fourth-order valence-corrected chi connectivity index (χ4v) is 3.37. The molecule has 3 aromatic carbocycles. The van der Waals surface area contributed by atoms with Crippen molar-refractivity contribution in [3.63, 3.8) is 0 Å². The maximum absolute atomic E-state index is 14.7. The van der Waals surface area contributed by atoms with Crippen LogP contribution in [0.25, 0.3) is 0 Å². The average Bonchev–Trinajstić information content (AvgIpc) is 2.90. The van der Waals surface area contributed by atoms with Gasteiger partial charge in [0.15, 0.2) is 11.6 Å². The van der Waals surface area contributed by atoms with E-state index in [4.69, 9.17) is 4.74 Å². The van der Waals surface area contributed by atoms with E-state index in [0.29, 0.717) is 28.2 Å². The molecule has 9 nitrogen and oxygen atoms in total. The normalized spacial score (nSPS) is 10.4. The van der Waals surface area contributed by atoms with Crippen molar-refractivity contribution in [2.45, 2.75) is 0 Å². The van der Waals surface area contributed by atoms with Gasteiger partial charge in [0.05, 0.1) is 37.2 Å². The molecule has 0 saturated heterocycles. The Morgan fingerprint density at radius 1 is 0.889 bits per heavy atom. The van der Waals surface area contributed by atoms with Crippen molar-refractivity contribution in [3.8, 4) is 5.75 Å². The van der Waals surface area contributed by atoms with Gasteiger partial charge in [-0.15, -0.1) is 0 Å². The monoisotopic (exact) mass is 488 g/mol. The quantitative estimate of drug-likeness (QED) is 0.343. The predicted octanol–water partition coefficient (Wildman–Crippen LogP) is 5.11. The number of carbonyl (C=O) groups excluding carboxylic acids is 2. The number of phenolic OH excluding ortho intramolecular Hbond substituents is 1. The van der Waals surface area contributed by atoms with Crippen LogP contribution in [0.15, 0.2) is 79.0 Å². The molecule has 0 saturated carbocycles. The number of rotatable bonds is 7. The van der Waals surface area contributed by atoms with Gasteiger partial charge >= 0.3 is 11.9 Å². The standard InChI is InChI=1S/C26H21FN4O5/c1-35-24(33)16-6-10-18(11-7-16)29-23-22(27)15-28-26(30-23)31(20-4-3-5-21(32)14-20)19-12-8-17(9-13-19)25(34)36-2/h3-15,32H,1-2H3,(H,28,29,30). The van der Waals surface area contributed by atoms with Crippen molar-refractivity contribution in [3.05, 3.63) is 95.9 Å². The fourth-order valence-electron chi connectivity index (χ4n) is 3.37. The zero-order valence-corrected chi connectivity index (χ0v) is 19.3. The van der Waals surface area contributed by atoms with E-state index in [1.807, 2.05) is 0 Å². The van der Waals surface area contributed by atoms with Crippen LogP contribution in [-0.4, -0.2) is 41.2 Å². The number of anilines is 5. The van der Waals surface area contributed by atoms with E-state index < -0.39 is 17.8 Å². The van der Waals surface area contributed by atoms with E-state index in [1.54, 1.807) is 53.4 Å². The molecular formula is C26H21FN4O5. The summed E-state index contributed by atoms with van der Waals surface area (Å²) < 4.78 is 24.1. The molecule has 0 spiro atoms. The molecule has 36 heavy (non-hydrogen) atoms. The Hall–Kier alpha value is -4.99. The van der Waals surface area contributed by atoms with Gasteiger partial charge in [0, 0.05) is 17.4 Å². The summed E-state index contributed by atoms with van der Waals surface area (Å²) in [5.74, 6) is -1.68. The third kappa shape index (κ3) is 5.22. The van der Waals surface area contributed by atoms with Gasteiger partial charge in [-0.05, 0) is 60.7 Å². The number of nitrogens with one attached hydrogen (secondary N) is 1. The molecular weight excluding hydrogens is 467 g/mol. The first-order chi connectivity index (χ1) is 17.4. The maximum atomic E-state index is 14.7. The fraction of sp³-hybridized carbons (Fsp3) is 0.0769. The van der Waals surface area contributed by atoms with Gasteiger partial charge in [0.25, 0.3) is 0 Å². The van der Waals surface area contributed by atoms with Crippen molar-refractivity contribution in [2.75, 3.05) is 24.4 Å². The highest BCUT2D eigenvalue weighted by Gasteiger charge is 2.19. The van der Waals surface area contributed by atoms with Gasteiger partial charge in [-0.25, -0.2) is 19.0 Å². The zero-order valence-electron chi connectivity index (χ0n) is 19.3. The number of methoxy groups -OCH3 is 2. The molecule has 0 aliphatic carbocycles. The average molecular weight is 488 g/mol. The van der Waals surface area contributed by atoms with Crippen molar-refractivity contribution in [2.24, 2.45) is 0 Å². The van der Waals surface area contributed by atoms with Crippen molar-refractivity contribution >= 4 is 40.8 Å². The number of esters is 2. The minimum Gasteiger partial charge on any atom is -0.508 e. The first kappa shape index (κ1) is 24.1. The molecule has 1 heterocycles. The first-order valence-electron chi connectivity index (χ1n) is 10.6. The summed E-state index contributed by atoms with van der Waals surface area (Å²) >= 11 is 0. The van der Waals surface area contributed by atoms with Gasteiger partial charge in [0.2, 0.25) is 5.95 Å². The lowest BCUT2D eigenvalue weighted by Gasteiger charge is -2.24. The Kier molecular flexibility index (Phi) is 7.05. The van der Waals surface area contributed by atoms with Crippen molar-refractivity contribution < 1.29 is 28.6 Å². The maximum Gasteiger partial charge on any atom is 0.337 e. The van der Waals surface area contributed by atoms with Gasteiger partial charge in [0.1, 0.15) is 5.75 Å². The SMILES string of the molecule is COC(=O)c1ccc(Nc2nc(N(c3ccc(C(=O)OC)cc3)c3cccc(O)c3)ncc2F)cc1. The summed E-state index contributed by atoms with van der Waals surface area (Å²) in [4.78, 5) is 33.6. The Morgan fingerprint density at radius 3 is 2.08 bits per heavy atom. The van der Waals surface area contributed by atoms with Crippen LogP contribution in [0.4, 0.5) is 33.2 Å². The topological polar surface area (TPSA) is 114 Å². The number of halogens is 1. The third-order valence-electron chi connectivity index (χ3n) is 5.13. The Labute approximate surface area is 205 Å². The number of nitrogens with zero attached hydrogens (tertiary/aromatic N) is 3. The second-order valence-electron chi connectivity index (χ2n) is 7.45. The predicted molar refractivity (Wildman–Crippen MR) is 131 cm³/mol. The smallest absolute Gasteiger partial charge is 0.337 e. The van der Waals surface area contributed by atoms with E-state index >= 15 is 0 Å². The molecule has 0 aliphatic heterocycles. The summed E-state index contributed by atoms with van der Waals surface area (Å²) in [7, 11) is 2.58. The second-order valence-corrected chi connectivity index (χ2v) is 7.45. The van der Waals surface area contributed by atoms with Gasteiger partial charge < -0.3 is 19.9 Å². The lowest BCUT2D eigenvalue weighted by Crippen LogP contribution is -2.15. The minimum absolute atomic E-state index is 0.00911. The highest BCUT2D eigenvalue weighted by molar-refractivity contribution is 5.90. The molecule has 4 aromatic rings. The van der Waals surface area contributed by atoms with Crippen LogP contribution in [0, 0.1) is 5.82 Å². The minimum atomic E-state index is -0.701. The summed E-state index contributed by atoms with van der Waals surface area (Å²) in [5.41, 5.74) is 2.22. The number of aromatic nitrogens is 2. The number of aromatic hydroxyl groups is 1. The van der Waals surface area contributed by atoms with Crippen LogP contribution in [0.5, 0.6) is 5.75 Å². The summed E-state index contributed by atoms with van der Waals surface area (Å²) in [6.45, 7) is 0. The molecule has 0 bridgehead atoms. The molecule has 4 rings (SSSR count). The number of benzene rings is 3. The van der Waals surface area contributed by atoms with Crippen LogP contribution in [0.1, 0.15) is 20.7 Å². The molecule has 182 valence electrons. The summed E-state index contributed by atoms with van der Waals surface area (Å²) in [5, 5.41) is 12.9. The Balaban J connectivity index is 1.72. The molecule has 1 aromatic heterocycles. The summed E-state index contributed by atoms with van der Waals surface area (Å²) in [6.07, 6.45) is 1.02.